The number of nitrogens with zero attached hydrogens (tertiary/aromatic N) is 3. The van der Waals surface area contributed by atoms with Gasteiger partial charge in [-0.3, -0.25) is 19.5 Å². The summed E-state index contributed by atoms with van der Waals surface area (Å²) in [5, 5.41) is 51.2. The predicted molar refractivity (Wildman–Crippen MR) is 242 cm³/mol. The van der Waals surface area contributed by atoms with Gasteiger partial charge in [-0.25, -0.2) is 0 Å². The first-order valence-electron chi connectivity index (χ1n) is 23.2. The molecular weight excluding hydrogens is 779 g/mol. The normalized spacial score (nSPS) is 34.5. The molecule has 360 valence electrons. The molecule has 2 heterocycles. The lowest BCUT2D eigenvalue weighted by Gasteiger charge is -2.58. The number of ether oxygens (including phenoxy) is 4. The summed E-state index contributed by atoms with van der Waals surface area (Å²) in [6.07, 6.45) is -6.43. The molecule has 1 saturated carbocycles. The van der Waals surface area contributed by atoms with E-state index in [0.29, 0.717) is 0 Å². The molecule has 0 aromatic rings. The van der Waals surface area contributed by atoms with Crippen molar-refractivity contribution in [3.05, 3.63) is 0 Å². The topological polar surface area (TPSA) is 183 Å². The third kappa shape index (κ3) is 13.1. The molecule has 3 aliphatic rings. The molecule has 14 nitrogen and oxygen atoms in total. The summed E-state index contributed by atoms with van der Waals surface area (Å²) in [5.74, 6) is -0.639. The van der Waals surface area contributed by atoms with E-state index in [1.807, 2.05) is 41.5 Å². The van der Waals surface area contributed by atoms with E-state index in [1.54, 1.807) is 6.92 Å². The van der Waals surface area contributed by atoms with Crippen LogP contribution >= 0.6 is 0 Å². The first-order valence-corrected chi connectivity index (χ1v) is 23.2. The Labute approximate surface area is 370 Å². The number of nitrogens with two attached hydrogens (primary N) is 1. The largest absolute Gasteiger partial charge is 0.388 e. The van der Waals surface area contributed by atoms with Crippen LogP contribution in [0.1, 0.15) is 164 Å². The maximum absolute atomic E-state index is 13.7. The van der Waals surface area contributed by atoms with Crippen molar-refractivity contribution in [2.45, 2.75) is 277 Å². The molecule has 61 heavy (non-hydrogen) atoms. The molecule has 1 amide bonds. The van der Waals surface area contributed by atoms with Crippen molar-refractivity contribution in [1.29, 1.82) is 0 Å². The fourth-order valence-electron chi connectivity index (χ4n) is 11.3. The van der Waals surface area contributed by atoms with Gasteiger partial charge in [-0.15, -0.1) is 0 Å². The lowest BCUT2D eigenvalue weighted by atomic mass is 9.79. The number of amides is 1. The highest BCUT2D eigenvalue weighted by atomic mass is 16.7. The van der Waals surface area contributed by atoms with Gasteiger partial charge < -0.3 is 50.4 Å². The van der Waals surface area contributed by atoms with Gasteiger partial charge in [-0.05, 0) is 155 Å². The van der Waals surface area contributed by atoms with Crippen LogP contribution in [0.2, 0.25) is 0 Å². The lowest BCUT2D eigenvalue weighted by Crippen LogP contribution is -2.74. The van der Waals surface area contributed by atoms with Gasteiger partial charge in [0.05, 0.1) is 30.8 Å². The average Bonchev–Trinajstić information content (AvgIpc) is 3.04. The van der Waals surface area contributed by atoms with Crippen molar-refractivity contribution in [3.63, 3.8) is 0 Å². The third-order valence-electron chi connectivity index (χ3n) is 12.8. The van der Waals surface area contributed by atoms with Gasteiger partial charge in [0, 0.05) is 40.3 Å². The van der Waals surface area contributed by atoms with Crippen molar-refractivity contribution in [2.75, 3.05) is 13.2 Å². The van der Waals surface area contributed by atoms with Gasteiger partial charge >= 0.3 is 0 Å². The maximum Gasteiger partial charge on any atom is 0.249 e. The quantitative estimate of drug-likeness (QED) is 0.149. The zero-order valence-corrected chi connectivity index (χ0v) is 42.1. The fraction of sp³-hybridized carbons (Fsp3) is 0.979. The Morgan fingerprint density at radius 3 is 1.70 bits per heavy atom. The monoisotopic (exact) mass is 872 g/mol. The molecule has 3 fully saturated rings. The average molecular weight is 872 g/mol. The summed E-state index contributed by atoms with van der Waals surface area (Å²) in [6, 6.07) is -2.19. The lowest BCUT2D eigenvalue weighted by molar-refractivity contribution is -0.331. The predicted octanol–water partition coefficient (Wildman–Crippen LogP) is 4.76. The Bertz CT molecular complexity index is 1380. The molecular formula is C47H93N5O9. The fourth-order valence-corrected chi connectivity index (χ4v) is 11.3. The Morgan fingerprint density at radius 1 is 0.770 bits per heavy atom. The molecule has 1 aliphatic carbocycles. The highest BCUT2D eigenvalue weighted by molar-refractivity contribution is 5.80. The van der Waals surface area contributed by atoms with Crippen molar-refractivity contribution in [3.8, 4) is 0 Å². The first-order chi connectivity index (χ1) is 27.5. The Balaban J connectivity index is 2.27. The molecule has 14 heteroatoms. The molecule has 0 aromatic heterocycles. The van der Waals surface area contributed by atoms with Crippen LogP contribution < -0.4 is 11.1 Å². The van der Waals surface area contributed by atoms with Gasteiger partial charge in [0.2, 0.25) is 5.91 Å². The van der Waals surface area contributed by atoms with Crippen LogP contribution in [0.15, 0.2) is 0 Å². The van der Waals surface area contributed by atoms with Gasteiger partial charge in [-0.2, -0.15) is 0 Å². The maximum atomic E-state index is 13.7. The molecule has 0 bridgehead atoms. The van der Waals surface area contributed by atoms with Gasteiger partial charge in [0.15, 0.2) is 12.6 Å². The summed E-state index contributed by atoms with van der Waals surface area (Å²) < 4.78 is 27.4. The molecule has 0 radical (unpaired) electrons. The van der Waals surface area contributed by atoms with E-state index < -0.39 is 89.4 Å². The molecule has 2 saturated heterocycles. The van der Waals surface area contributed by atoms with E-state index in [4.69, 9.17) is 24.7 Å². The number of aliphatic hydroxyl groups is 4. The summed E-state index contributed by atoms with van der Waals surface area (Å²) in [6.45, 7) is 42.0. The van der Waals surface area contributed by atoms with Crippen LogP contribution in [0.5, 0.6) is 0 Å². The molecule has 0 aromatic carbocycles. The minimum Gasteiger partial charge on any atom is -0.388 e. The van der Waals surface area contributed by atoms with Gasteiger partial charge in [0.25, 0.3) is 0 Å². The van der Waals surface area contributed by atoms with Crippen LogP contribution in [-0.2, 0) is 23.7 Å². The van der Waals surface area contributed by atoms with Crippen LogP contribution in [-0.4, -0.2) is 167 Å². The van der Waals surface area contributed by atoms with Crippen LogP contribution in [0.3, 0.4) is 0 Å². The number of nitrogens with one attached hydrogen (secondary N) is 1. The van der Waals surface area contributed by atoms with E-state index >= 15 is 0 Å². The van der Waals surface area contributed by atoms with Crippen LogP contribution in [0.25, 0.3) is 0 Å². The van der Waals surface area contributed by atoms with E-state index in [9.17, 15) is 25.2 Å². The van der Waals surface area contributed by atoms with E-state index in [0.717, 1.165) is 12.8 Å². The zero-order chi connectivity index (χ0) is 47.2. The Morgan fingerprint density at radius 2 is 1.26 bits per heavy atom. The number of hydrogen-bond acceptors (Lipinski definition) is 13. The molecule has 7 N–H and O–H groups in total. The zero-order valence-electron chi connectivity index (χ0n) is 42.1. The second kappa shape index (κ2) is 19.8. The van der Waals surface area contributed by atoms with Crippen LogP contribution in [0, 0.1) is 5.41 Å². The molecule has 0 spiro atoms. The van der Waals surface area contributed by atoms with Crippen molar-refractivity contribution in [2.24, 2.45) is 11.1 Å². The number of rotatable bonds is 13. The smallest absolute Gasteiger partial charge is 0.249 e. The number of hydrogen-bond donors (Lipinski definition) is 6. The molecule has 3 rings (SSSR count). The Kier molecular flexibility index (Phi) is 17.7. The summed E-state index contributed by atoms with van der Waals surface area (Å²) in [5.41, 5.74) is 2.48. The first kappa shape index (κ1) is 54.3. The molecule has 13 atom stereocenters. The highest BCUT2D eigenvalue weighted by Crippen LogP contribution is 2.43. The van der Waals surface area contributed by atoms with Crippen molar-refractivity contribution < 1.29 is 44.2 Å². The second-order valence-corrected chi connectivity index (χ2v) is 24.2. The number of carbonyl (C=O) groups is 1. The minimum atomic E-state index is -1.47. The van der Waals surface area contributed by atoms with Gasteiger partial charge in [0.1, 0.15) is 36.1 Å². The summed E-state index contributed by atoms with van der Waals surface area (Å²) in [7, 11) is 0. The van der Waals surface area contributed by atoms with Crippen molar-refractivity contribution >= 4 is 5.91 Å². The molecule has 2 aliphatic heterocycles. The van der Waals surface area contributed by atoms with E-state index in [2.05, 4.69) is 110 Å². The number of aliphatic hydroxyl groups excluding tert-OH is 3. The highest BCUT2D eigenvalue weighted by Gasteiger charge is 2.58. The van der Waals surface area contributed by atoms with Crippen LogP contribution in [0.4, 0.5) is 0 Å². The van der Waals surface area contributed by atoms with E-state index in [-0.39, 0.29) is 61.2 Å². The number of carbonyl (C=O) groups excluding carboxylic acids is 1. The summed E-state index contributed by atoms with van der Waals surface area (Å²) in [4.78, 5) is 20.6. The van der Waals surface area contributed by atoms with Crippen molar-refractivity contribution in [1.82, 2.24) is 20.0 Å². The third-order valence-corrected chi connectivity index (χ3v) is 12.8. The second-order valence-electron chi connectivity index (χ2n) is 24.2. The minimum absolute atomic E-state index is 0.0145. The van der Waals surface area contributed by atoms with Gasteiger partial charge in [-0.1, -0.05) is 20.8 Å². The SMILES string of the molecule is CC(C)N(C1CCC(C(C)(C)C)O[C@@H]1O[C@H]1[C@H](O)[C@@H](O[C@H]2OC[C@](C)(O)[C@H](N(C(C)(C)C)C(C)(C)C)[C@H]2O)[C@H](NC(=O)[C@@H](O)CCN)C[C@@H]1N(C(C)C)C(C)(C)C)C(C)(C)C. The standard InChI is InChI=1S/C47H93N5O9/c1-27(2)50(43(8,9)10)30-21-22-33(42(5,6)7)59-40(30)61-37-31(51(28(3)4)44(11,12)13)25-29(49-39(56)32(53)23-24-48)36(34(37)54)60-41-35(55)38(47(20,57)26-58-41)52(45(14,15)16)46(17,18)19/h27-38,40-41,53-55,57H,21-26,48H2,1-20H3,(H,49,56)/t29-,30?,31+,32+,33?,34-,35-,36+,37-,38-,40-,41-,47+/m1/s1. The Hall–Kier alpha value is -1.01. The summed E-state index contributed by atoms with van der Waals surface area (Å²) >= 11 is 0. The molecule has 2 unspecified atom stereocenters. The van der Waals surface area contributed by atoms with E-state index in [1.165, 1.54) is 0 Å².